The highest BCUT2D eigenvalue weighted by Crippen LogP contribution is 1.90. The number of halogens is 1. The van der Waals surface area contributed by atoms with E-state index >= 15 is 0 Å². The van der Waals surface area contributed by atoms with Crippen molar-refractivity contribution < 1.29 is 9.18 Å². The molecule has 88 valence electrons. The van der Waals surface area contributed by atoms with Crippen LogP contribution in [0.5, 0.6) is 0 Å². The van der Waals surface area contributed by atoms with Gasteiger partial charge in [-0.3, -0.25) is 9.78 Å². The van der Waals surface area contributed by atoms with Crippen molar-refractivity contribution in [2.75, 3.05) is 0 Å². The number of rotatable bonds is 2. The minimum absolute atomic E-state index is 0.144. The quantitative estimate of drug-likeness (QED) is 0.750. The molecule has 16 heavy (non-hydrogen) atoms. The molecule has 1 aromatic rings. The van der Waals surface area contributed by atoms with Crippen molar-refractivity contribution in [3.8, 4) is 0 Å². The van der Waals surface area contributed by atoms with E-state index in [2.05, 4.69) is 5.32 Å². The first-order valence-electron chi connectivity index (χ1n) is 4.78. The van der Waals surface area contributed by atoms with Crippen LogP contribution in [0.1, 0.15) is 20.3 Å². The maximum absolute atomic E-state index is 12.9. The van der Waals surface area contributed by atoms with Gasteiger partial charge in [0.05, 0.1) is 6.20 Å². The van der Waals surface area contributed by atoms with Gasteiger partial charge in [0.15, 0.2) is 0 Å². The summed E-state index contributed by atoms with van der Waals surface area (Å²) in [6, 6.07) is -0.913. The number of amides is 1. The summed E-state index contributed by atoms with van der Waals surface area (Å²) in [6.07, 6.45) is 1.24. The molecule has 0 aromatic carbocycles. The lowest BCUT2D eigenvalue weighted by Crippen LogP contribution is -2.43. The highest BCUT2D eigenvalue weighted by atomic mass is 19.1. The van der Waals surface area contributed by atoms with E-state index in [4.69, 9.17) is 0 Å². The Morgan fingerprint density at radius 3 is 2.81 bits per heavy atom. The Labute approximate surface area is 90.1 Å². The van der Waals surface area contributed by atoms with E-state index in [1.165, 1.54) is 0 Å². The molecule has 1 aromatic heterocycles. The van der Waals surface area contributed by atoms with E-state index in [0.717, 1.165) is 0 Å². The summed E-state index contributed by atoms with van der Waals surface area (Å²) < 4.78 is 13.3. The minimum atomic E-state index is -1.18. The van der Waals surface area contributed by atoms with Gasteiger partial charge < -0.3 is 5.32 Å². The first kappa shape index (κ1) is 12.2. The number of nitrogens with zero attached hydrogens (tertiary/aromatic N) is 1. The average Bonchev–Trinajstić information content (AvgIpc) is 2.23. The second-order valence-electron chi connectivity index (χ2n) is 3.37. The van der Waals surface area contributed by atoms with Crippen LogP contribution in [0.4, 0.5) is 9.18 Å². The van der Waals surface area contributed by atoms with E-state index in [1.54, 1.807) is 11.9 Å². The lowest BCUT2D eigenvalue weighted by Gasteiger charge is -2.11. The Morgan fingerprint density at radius 1 is 1.62 bits per heavy atom. The molecule has 2 N–H and O–H groups in total. The number of nitrogens with one attached hydrogen (secondary N) is 2. The average molecular weight is 229 g/mol. The summed E-state index contributed by atoms with van der Waals surface area (Å²) in [5.74, 6) is -1.18. The molecule has 0 spiro atoms. The van der Waals surface area contributed by atoms with Gasteiger partial charge in [-0.25, -0.2) is 14.2 Å². The zero-order valence-electron chi connectivity index (χ0n) is 8.91. The molecule has 0 aliphatic heterocycles. The number of aromatic nitrogens is 2. The SMILES string of the molecule is CCC(C)NC(=O)n1cc(F)c(=O)[nH]c1=O. The monoisotopic (exact) mass is 229 g/mol. The van der Waals surface area contributed by atoms with Gasteiger partial charge in [0.2, 0.25) is 5.82 Å². The summed E-state index contributed by atoms with van der Waals surface area (Å²) in [7, 11) is 0. The number of hydrogen-bond acceptors (Lipinski definition) is 3. The van der Waals surface area contributed by atoms with E-state index in [9.17, 15) is 18.8 Å². The molecule has 0 saturated carbocycles. The van der Waals surface area contributed by atoms with E-state index in [1.807, 2.05) is 6.92 Å². The molecule has 1 amide bonds. The third-order valence-electron chi connectivity index (χ3n) is 2.10. The Kier molecular flexibility index (Phi) is 3.60. The van der Waals surface area contributed by atoms with Crippen molar-refractivity contribution in [3.63, 3.8) is 0 Å². The van der Waals surface area contributed by atoms with Crippen LogP contribution in [-0.2, 0) is 0 Å². The van der Waals surface area contributed by atoms with Gasteiger partial charge in [0.25, 0.3) is 5.56 Å². The molecule has 6 nitrogen and oxygen atoms in total. The molecule has 1 heterocycles. The van der Waals surface area contributed by atoms with Gasteiger partial charge in [-0.1, -0.05) is 6.92 Å². The smallest absolute Gasteiger partial charge is 0.335 e. The normalized spacial score (nSPS) is 12.2. The zero-order chi connectivity index (χ0) is 12.3. The van der Waals surface area contributed by atoms with Gasteiger partial charge in [-0.05, 0) is 13.3 Å². The third-order valence-corrected chi connectivity index (χ3v) is 2.10. The van der Waals surface area contributed by atoms with Crippen LogP contribution in [0, 0.1) is 5.82 Å². The maximum atomic E-state index is 12.9. The van der Waals surface area contributed by atoms with Crippen molar-refractivity contribution in [1.82, 2.24) is 14.9 Å². The Bertz CT molecular complexity index is 505. The summed E-state index contributed by atoms with van der Waals surface area (Å²) in [6.45, 7) is 3.59. The van der Waals surface area contributed by atoms with Gasteiger partial charge in [-0.15, -0.1) is 0 Å². The highest BCUT2D eigenvalue weighted by Gasteiger charge is 2.12. The van der Waals surface area contributed by atoms with Crippen LogP contribution in [0.2, 0.25) is 0 Å². The molecule has 0 fully saturated rings. The summed E-state index contributed by atoms with van der Waals surface area (Å²) in [4.78, 5) is 35.1. The van der Waals surface area contributed by atoms with Crippen LogP contribution in [0.3, 0.4) is 0 Å². The molecular formula is C9H12FN3O3. The number of H-pyrrole nitrogens is 1. The van der Waals surface area contributed by atoms with Crippen molar-refractivity contribution in [2.24, 2.45) is 0 Å². The number of aromatic amines is 1. The Hall–Kier alpha value is -1.92. The summed E-state index contributed by atoms with van der Waals surface area (Å²) >= 11 is 0. The lowest BCUT2D eigenvalue weighted by molar-refractivity contribution is 0.237. The van der Waals surface area contributed by atoms with Gasteiger partial charge in [-0.2, -0.15) is 4.39 Å². The predicted octanol–water partition coefficient (Wildman–Crippen LogP) is 0.0319. The van der Waals surface area contributed by atoms with Crippen LogP contribution in [0.15, 0.2) is 15.8 Å². The molecule has 0 aliphatic rings. The number of carbonyl (C=O) groups excluding carboxylic acids is 1. The van der Waals surface area contributed by atoms with Crippen LogP contribution in [0.25, 0.3) is 0 Å². The maximum Gasteiger partial charge on any atom is 0.336 e. The molecule has 7 heteroatoms. The predicted molar refractivity (Wildman–Crippen MR) is 55.0 cm³/mol. The fraction of sp³-hybridized carbons (Fsp3) is 0.444. The third kappa shape index (κ3) is 2.56. The molecule has 0 bridgehead atoms. The molecule has 0 radical (unpaired) electrons. The molecule has 1 unspecified atom stereocenters. The highest BCUT2D eigenvalue weighted by molar-refractivity contribution is 5.76. The molecule has 1 atom stereocenters. The van der Waals surface area contributed by atoms with Gasteiger partial charge >= 0.3 is 11.7 Å². The zero-order valence-corrected chi connectivity index (χ0v) is 8.91. The number of hydrogen-bond donors (Lipinski definition) is 2. The molecule has 0 aliphatic carbocycles. The Morgan fingerprint density at radius 2 is 2.25 bits per heavy atom. The first-order chi connectivity index (χ1) is 7.45. The van der Waals surface area contributed by atoms with E-state index in [-0.39, 0.29) is 6.04 Å². The molecule has 1 rings (SSSR count). The lowest BCUT2D eigenvalue weighted by atomic mass is 10.3. The minimum Gasteiger partial charge on any atom is -0.335 e. The van der Waals surface area contributed by atoms with E-state index in [0.29, 0.717) is 17.2 Å². The summed E-state index contributed by atoms with van der Waals surface area (Å²) in [5, 5.41) is 2.47. The van der Waals surface area contributed by atoms with Crippen molar-refractivity contribution in [1.29, 1.82) is 0 Å². The van der Waals surface area contributed by atoms with Crippen molar-refractivity contribution in [2.45, 2.75) is 26.3 Å². The van der Waals surface area contributed by atoms with E-state index < -0.39 is 23.1 Å². The second kappa shape index (κ2) is 4.73. The first-order valence-corrected chi connectivity index (χ1v) is 4.78. The van der Waals surface area contributed by atoms with Crippen molar-refractivity contribution >= 4 is 6.03 Å². The topological polar surface area (TPSA) is 84.0 Å². The largest absolute Gasteiger partial charge is 0.336 e. The van der Waals surface area contributed by atoms with Crippen LogP contribution >= 0.6 is 0 Å². The van der Waals surface area contributed by atoms with Crippen LogP contribution < -0.4 is 16.6 Å². The van der Waals surface area contributed by atoms with Gasteiger partial charge in [0, 0.05) is 6.04 Å². The fourth-order valence-electron chi connectivity index (χ4n) is 0.981. The fourth-order valence-corrected chi connectivity index (χ4v) is 0.981. The molecule has 0 saturated heterocycles. The second-order valence-corrected chi connectivity index (χ2v) is 3.37. The van der Waals surface area contributed by atoms with Gasteiger partial charge in [0.1, 0.15) is 0 Å². The van der Waals surface area contributed by atoms with Crippen LogP contribution in [-0.4, -0.2) is 21.6 Å². The Balaban J connectivity index is 3.05. The summed E-state index contributed by atoms with van der Waals surface area (Å²) in [5.41, 5.74) is -2.11. The molecular weight excluding hydrogens is 217 g/mol. The van der Waals surface area contributed by atoms with Crippen molar-refractivity contribution in [3.05, 3.63) is 32.9 Å². The standard InChI is InChI=1S/C9H12FN3O3/c1-3-5(2)11-8(15)13-4-6(10)7(14)12-9(13)16/h4-5H,3H2,1-2H3,(H,11,15)(H,12,14,16). The number of carbonyl (C=O) groups is 1.